The summed E-state index contributed by atoms with van der Waals surface area (Å²) in [5.41, 5.74) is 0.759. The van der Waals surface area contributed by atoms with Gasteiger partial charge in [-0.05, 0) is 30.7 Å². The maximum Gasteiger partial charge on any atom is 0.283 e. The van der Waals surface area contributed by atoms with Crippen LogP contribution in [0.5, 0.6) is 0 Å². The minimum atomic E-state index is -0.599. The Kier molecular flexibility index (Phi) is 4.65. The van der Waals surface area contributed by atoms with Gasteiger partial charge in [-0.15, -0.1) is 0 Å². The molecule has 2 aromatic rings. The van der Waals surface area contributed by atoms with E-state index in [9.17, 15) is 15.2 Å². The number of para-hydroxylation sites is 1. The first-order valence-electron chi connectivity index (χ1n) is 5.88. The molecule has 0 aliphatic carbocycles. The fourth-order valence-corrected chi connectivity index (χ4v) is 2.90. The second-order valence-corrected chi connectivity index (χ2v) is 5.68. The first-order valence-corrected chi connectivity index (χ1v) is 7.07. The van der Waals surface area contributed by atoms with Crippen LogP contribution in [-0.4, -0.2) is 10.0 Å². The van der Waals surface area contributed by atoms with Gasteiger partial charge in [-0.2, -0.15) is 0 Å². The number of benzene rings is 2. The van der Waals surface area contributed by atoms with E-state index in [0.29, 0.717) is 20.4 Å². The molecular formula is C14H12ClNO3S. The molecule has 0 aromatic heterocycles. The predicted octanol–water partition coefficient (Wildman–Crippen LogP) is 4.45. The van der Waals surface area contributed by atoms with Gasteiger partial charge in [0.2, 0.25) is 0 Å². The second-order valence-electron chi connectivity index (χ2n) is 4.19. The van der Waals surface area contributed by atoms with Gasteiger partial charge in [0.15, 0.2) is 0 Å². The van der Waals surface area contributed by atoms with Crippen molar-refractivity contribution >= 4 is 29.1 Å². The number of aliphatic hydroxyl groups is 1. The molecule has 2 rings (SSSR count). The number of nitrogens with zero attached hydrogens (tertiary/aromatic N) is 1. The van der Waals surface area contributed by atoms with Gasteiger partial charge in [-0.3, -0.25) is 10.1 Å². The number of hydrogen-bond donors (Lipinski definition) is 1. The summed E-state index contributed by atoms with van der Waals surface area (Å²) in [4.78, 5) is 11.8. The van der Waals surface area contributed by atoms with Crippen LogP contribution < -0.4 is 0 Å². The molecule has 0 fully saturated rings. The zero-order chi connectivity index (χ0) is 14.7. The number of nitro groups is 1. The smallest absolute Gasteiger partial charge is 0.283 e. The molecule has 0 radical (unpaired) electrons. The Hall–Kier alpha value is -1.56. The molecule has 4 nitrogen and oxygen atoms in total. The predicted molar refractivity (Wildman–Crippen MR) is 79.3 cm³/mol. The normalized spacial score (nSPS) is 12.2. The third-order valence-electron chi connectivity index (χ3n) is 2.72. The van der Waals surface area contributed by atoms with Crippen LogP contribution in [-0.2, 0) is 0 Å². The van der Waals surface area contributed by atoms with Crippen LogP contribution in [0, 0.1) is 10.1 Å². The van der Waals surface area contributed by atoms with E-state index in [1.807, 2.05) is 0 Å². The van der Waals surface area contributed by atoms with Gasteiger partial charge < -0.3 is 5.11 Å². The van der Waals surface area contributed by atoms with E-state index in [1.165, 1.54) is 17.8 Å². The van der Waals surface area contributed by atoms with Crippen LogP contribution in [0.4, 0.5) is 5.69 Å². The van der Waals surface area contributed by atoms with Gasteiger partial charge in [0.1, 0.15) is 0 Å². The van der Waals surface area contributed by atoms with E-state index in [4.69, 9.17) is 11.6 Å². The standard InChI is InChI=1S/C14H12ClNO3S/c1-9(17)10-6-7-13(11(15)8-10)20-14-5-3-2-4-12(14)16(18)19/h2-9,17H,1H3/t9-/m0/s1. The summed E-state index contributed by atoms with van der Waals surface area (Å²) >= 11 is 7.39. The molecule has 0 spiro atoms. The second kappa shape index (κ2) is 6.26. The highest BCUT2D eigenvalue weighted by Crippen LogP contribution is 2.38. The molecule has 0 saturated carbocycles. The minimum Gasteiger partial charge on any atom is -0.389 e. The lowest BCUT2D eigenvalue weighted by Gasteiger charge is -2.09. The fraction of sp³-hybridized carbons (Fsp3) is 0.143. The van der Waals surface area contributed by atoms with E-state index >= 15 is 0 Å². The van der Waals surface area contributed by atoms with E-state index in [2.05, 4.69) is 0 Å². The van der Waals surface area contributed by atoms with Crippen LogP contribution in [0.15, 0.2) is 52.3 Å². The van der Waals surface area contributed by atoms with Crippen LogP contribution >= 0.6 is 23.4 Å². The SMILES string of the molecule is C[C@H](O)c1ccc(Sc2ccccc2[N+](=O)[O-])c(Cl)c1. The van der Waals surface area contributed by atoms with Gasteiger partial charge in [0.25, 0.3) is 5.69 Å². The summed E-state index contributed by atoms with van der Waals surface area (Å²) in [5, 5.41) is 20.9. The zero-order valence-electron chi connectivity index (χ0n) is 10.6. The summed E-state index contributed by atoms with van der Waals surface area (Å²) in [5.74, 6) is 0. The molecule has 2 aromatic carbocycles. The van der Waals surface area contributed by atoms with Gasteiger partial charge in [-0.1, -0.05) is 41.6 Å². The topological polar surface area (TPSA) is 63.4 Å². The Morgan fingerprint density at radius 3 is 2.55 bits per heavy atom. The van der Waals surface area contributed by atoms with Crippen molar-refractivity contribution in [3.8, 4) is 0 Å². The maximum absolute atomic E-state index is 11.0. The van der Waals surface area contributed by atoms with Crippen LogP contribution in [0.25, 0.3) is 0 Å². The fourth-order valence-electron chi connectivity index (χ4n) is 1.67. The summed E-state index contributed by atoms with van der Waals surface area (Å²) < 4.78 is 0. The Bertz CT molecular complexity index is 646. The Morgan fingerprint density at radius 2 is 1.95 bits per heavy atom. The summed E-state index contributed by atoms with van der Waals surface area (Å²) in [6.45, 7) is 1.65. The van der Waals surface area contributed by atoms with Gasteiger partial charge in [0.05, 0.1) is 20.9 Å². The number of nitro benzene ring substituents is 1. The third-order valence-corrected chi connectivity index (χ3v) is 4.29. The molecule has 6 heteroatoms. The molecule has 0 aliphatic rings. The molecule has 20 heavy (non-hydrogen) atoms. The highest BCUT2D eigenvalue weighted by atomic mass is 35.5. The largest absolute Gasteiger partial charge is 0.389 e. The summed E-state index contributed by atoms with van der Waals surface area (Å²) in [6.07, 6.45) is -0.599. The molecular weight excluding hydrogens is 298 g/mol. The van der Waals surface area contributed by atoms with Gasteiger partial charge in [0, 0.05) is 11.0 Å². The van der Waals surface area contributed by atoms with Gasteiger partial charge >= 0.3 is 0 Å². The van der Waals surface area contributed by atoms with Crippen LogP contribution in [0.2, 0.25) is 5.02 Å². The minimum absolute atomic E-state index is 0.0492. The molecule has 1 N–H and O–H groups in total. The number of aliphatic hydroxyl groups excluding tert-OH is 1. The van der Waals surface area contributed by atoms with Crippen molar-refractivity contribution in [3.05, 3.63) is 63.2 Å². The molecule has 0 heterocycles. The first kappa shape index (κ1) is 14.8. The van der Waals surface area contributed by atoms with Crippen molar-refractivity contribution in [2.24, 2.45) is 0 Å². The Morgan fingerprint density at radius 1 is 1.25 bits per heavy atom. The quantitative estimate of drug-likeness (QED) is 0.669. The van der Waals surface area contributed by atoms with E-state index in [-0.39, 0.29) is 5.69 Å². The van der Waals surface area contributed by atoms with E-state index in [0.717, 1.165) is 0 Å². The molecule has 1 atom stereocenters. The average Bonchev–Trinajstić information content (AvgIpc) is 2.41. The highest BCUT2D eigenvalue weighted by molar-refractivity contribution is 7.99. The lowest BCUT2D eigenvalue weighted by atomic mass is 10.1. The third kappa shape index (κ3) is 3.30. The lowest BCUT2D eigenvalue weighted by molar-refractivity contribution is -0.387. The Balaban J connectivity index is 2.33. The first-order chi connectivity index (χ1) is 9.49. The van der Waals surface area contributed by atoms with E-state index in [1.54, 1.807) is 43.3 Å². The summed E-state index contributed by atoms with van der Waals surface area (Å²) in [6, 6.07) is 11.7. The summed E-state index contributed by atoms with van der Waals surface area (Å²) in [7, 11) is 0. The van der Waals surface area contributed by atoms with E-state index < -0.39 is 11.0 Å². The molecule has 0 aliphatic heterocycles. The molecule has 104 valence electrons. The number of rotatable bonds is 4. The lowest BCUT2D eigenvalue weighted by Crippen LogP contribution is -1.92. The van der Waals surface area contributed by atoms with Crippen molar-refractivity contribution in [2.45, 2.75) is 22.8 Å². The molecule has 0 saturated heterocycles. The number of halogens is 1. The van der Waals surface area contributed by atoms with Crippen molar-refractivity contribution in [2.75, 3.05) is 0 Å². The average molecular weight is 310 g/mol. The Labute approximate surface area is 125 Å². The zero-order valence-corrected chi connectivity index (χ0v) is 12.2. The molecule has 0 bridgehead atoms. The van der Waals surface area contributed by atoms with Crippen LogP contribution in [0.3, 0.4) is 0 Å². The monoisotopic (exact) mass is 309 g/mol. The van der Waals surface area contributed by atoms with Gasteiger partial charge in [-0.25, -0.2) is 0 Å². The molecule has 0 amide bonds. The van der Waals surface area contributed by atoms with Crippen LogP contribution in [0.1, 0.15) is 18.6 Å². The van der Waals surface area contributed by atoms with Crippen molar-refractivity contribution < 1.29 is 10.0 Å². The van der Waals surface area contributed by atoms with Crippen molar-refractivity contribution in [1.82, 2.24) is 0 Å². The highest BCUT2D eigenvalue weighted by Gasteiger charge is 2.15. The molecule has 0 unspecified atom stereocenters. The maximum atomic E-state index is 11.0. The van der Waals surface area contributed by atoms with Crippen molar-refractivity contribution in [3.63, 3.8) is 0 Å². The van der Waals surface area contributed by atoms with Crippen molar-refractivity contribution in [1.29, 1.82) is 0 Å². The number of hydrogen-bond acceptors (Lipinski definition) is 4.